The molecule has 0 N–H and O–H groups in total. The van der Waals surface area contributed by atoms with E-state index < -0.39 is 12.1 Å². The maximum absolute atomic E-state index is 12.8. The quantitative estimate of drug-likeness (QED) is 0.789. The summed E-state index contributed by atoms with van der Waals surface area (Å²) in [5.41, 5.74) is 1.25. The highest BCUT2D eigenvalue weighted by Gasteiger charge is 2.38. The minimum Gasteiger partial charge on any atom is -0.378 e. The van der Waals surface area contributed by atoms with Gasteiger partial charge >= 0.3 is 18.1 Å². The SMILES string of the molecule is CC(C)N(Cc1ccc(-c2noc(C(F)(F)F)n2)cc1)C(=O)N1CCOCC1. The van der Waals surface area contributed by atoms with Crippen LogP contribution in [0, 0.1) is 0 Å². The molecule has 10 heteroatoms. The van der Waals surface area contributed by atoms with Gasteiger partial charge < -0.3 is 19.1 Å². The van der Waals surface area contributed by atoms with Crippen LogP contribution in [0.1, 0.15) is 25.3 Å². The Morgan fingerprint density at radius 1 is 1.21 bits per heavy atom. The molecule has 2 amide bonds. The number of aromatic nitrogens is 2. The van der Waals surface area contributed by atoms with E-state index in [2.05, 4.69) is 14.7 Å². The van der Waals surface area contributed by atoms with Gasteiger partial charge in [0, 0.05) is 31.2 Å². The zero-order chi connectivity index (χ0) is 20.3. The van der Waals surface area contributed by atoms with Crippen molar-refractivity contribution in [3.63, 3.8) is 0 Å². The molecule has 0 aliphatic carbocycles. The number of benzene rings is 1. The van der Waals surface area contributed by atoms with Gasteiger partial charge in [-0.05, 0) is 19.4 Å². The minimum atomic E-state index is -4.68. The van der Waals surface area contributed by atoms with Crippen molar-refractivity contribution in [1.29, 1.82) is 0 Å². The van der Waals surface area contributed by atoms with Gasteiger partial charge in [-0.2, -0.15) is 18.2 Å². The average molecular weight is 398 g/mol. The maximum atomic E-state index is 12.8. The van der Waals surface area contributed by atoms with Crippen LogP contribution in [0.25, 0.3) is 11.4 Å². The normalized spacial score (nSPS) is 15.1. The standard InChI is InChI=1S/C18H21F3N4O3/c1-12(2)25(17(26)24-7-9-27-10-8-24)11-13-3-5-14(6-4-13)15-22-16(28-23-15)18(19,20)21/h3-6,12H,7-11H2,1-2H3. The summed E-state index contributed by atoms with van der Waals surface area (Å²) in [6.07, 6.45) is -4.68. The number of carbonyl (C=O) groups is 1. The number of morpholine rings is 1. The monoisotopic (exact) mass is 398 g/mol. The van der Waals surface area contributed by atoms with E-state index >= 15 is 0 Å². The molecule has 1 aromatic carbocycles. The molecule has 2 aromatic rings. The van der Waals surface area contributed by atoms with Gasteiger partial charge in [-0.1, -0.05) is 29.4 Å². The minimum absolute atomic E-state index is 0.0124. The van der Waals surface area contributed by atoms with Crippen molar-refractivity contribution in [2.24, 2.45) is 0 Å². The highest BCUT2D eigenvalue weighted by atomic mass is 19.4. The van der Waals surface area contributed by atoms with Crippen LogP contribution in [-0.4, -0.2) is 58.3 Å². The lowest BCUT2D eigenvalue weighted by atomic mass is 10.1. The number of urea groups is 1. The summed E-state index contributed by atoms with van der Waals surface area (Å²) in [5.74, 6) is -1.52. The van der Waals surface area contributed by atoms with Gasteiger partial charge in [0.15, 0.2) is 0 Å². The summed E-state index contributed by atoms with van der Waals surface area (Å²) >= 11 is 0. The summed E-state index contributed by atoms with van der Waals surface area (Å²) in [6, 6.07) is 6.62. The highest BCUT2D eigenvalue weighted by Crippen LogP contribution is 2.29. The number of amides is 2. The van der Waals surface area contributed by atoms with Crippen LogP contribution < -0.4 is 0 Å². The fourth-order valence-corrected chi connectivity index (χ4v) is 2.82. The predicted molar refractivity (Wildman–Crippen MR) is 93.2 cm³/mol. The Kier molecular flexibility index (Phi) is 5.87. The van der Waals surface area contributed by atoms with Crippen LogP contribution in [0.4, 0.5) is 18.0 Å². The number of carbonyl (C=O) groups excluding carboxylic acids is 1. The van der Waals surface area contributed by atoms with Gasteiger partial charge in [-0.15, -0.1) is 0 Å². The second kappa shape index (κ2) is 8.17. The molecule has 3 rings (SSSR count). The topological polar surface area (TPSA) is 71.7 Å². The van der Waals surface area contributed by atoms with E-state index in [9.17, 15) is 18.0 Å². The molecule has 0 saturated carbocycles. The first-order chi connectivity index (χ1) is 13.3. The van der Waals surface area contributed by atoms with Gasteiger partial charge in [0.2, 0.25) is 5.82 Å². The molecule has 0 spiro atoms. The molecule has 28 heavy (non-hydrogen) atoms. The molecule has 1 fully saturated rings. The molecule has 0 atom stereocenters. The number of halogens is 3. The van der Waals surface area contributed by atoms with E-state index in [1.54, 1.807) is 34.1 Å². The number of rotatable bonds is 4. The average Bonchev–Trinajstić information content (AvgIpc) is 3.17. The van der Waals surface area contributed by atoms with Gasteiger partial charge in [-0.25, -0.2) is 4.79 Å². The third-order valence-corrected chi connectivity index (χ3v) is 4.38. The van der Waals surface area contributed by atoms with E-state index in [4.69, 9.17) is 4.74 Å². The number of hydrogen-bond acceptors (Lipinski definition) is 5. The summed E-state index contributed by atoms with van der Waals surface area (Å²) < 4.78 is 47.3. The Morgan fingerprint density at radius 3 is 2.39 bits per heavy atom. The lowest BCUT2D eigenvalue weighted by molar-refractivity contribution is -0.159. The Labute approximate surface area is 160 Å². The summed E-state index contributed by atoms with van der Waals surface area (Å²) in [5, 5.41) is 3.37. The van der Waals surface area contributed by atoms with E-state index in [1.807, 2.05) is 13.8 Å². The lowest BCUT2D eigenvalue weighted by Gasteiger charge is -2.35. The largest absolute Gasteiger partial charge is 0.471 e. The zero-order valence-corrected chi connectivity index (χ0v) is 15.6. The van der Waals surface area contributed by atoms with Gasteiger partial charge in [0.25, 0.3) is 0 Å². The predicted octanol–water partition coefficient (Wildman–Crippen LogP) is 3.42. The molecule has 0 bridgehead atoms. The number of nitrogens with zero attached hydrogens (tertiary/aromatic N) is 4. The maximum Gasteiger partial charge on any atom is 0.471 e. The van der Waals surface area contributed by atoms with Crippen LogP contribution in [-0.2, 0) is 17.5 Å². The van der Waals surface area contributed by atoms with E-state index in [-0.39, 0.29) is 17.9 Å². The third-order valence-electron chi connectivity index (χ3n) is 4.38. The molecular weight excluding hydrogens is 377 g/mol. The first kappa shape index (κ1) is 20.1. The zero-order valence-electron chi connectivity index (χ0n) is 15.6. The molecule has 1 aromatic heterocycles. The third kappa shape index (κ3) is 4.61. The van der Waals surface area contributed by atoms with Crippen molar-refractivity contribution in [1.82, 2.24) is 19.9 Å². The molecular formula is C18H21F3N4O3. The van der Waals surface area contributed by atoms with Crippen LogP contribution in [0.3, 0.4) is 0 Å². The van der Waals surface area contributed by atoms with Crippen molar-refractivity contribution < 1.29 is 27.2 Å². The Hall–Kier alpha value is -2.62. The smallest absolute Gasteiger partial charge is 0.378 e. The van der Waals surface area contributed by atoms with Gasteiger partial charge in [-0.3, -0.25) is 0 Å². The van der Waals surface area contributed by atoms with E-state index in [0.29, 0.717) is 38.4 Å². The number of alkyl halides is 3. The first-order valence-electron chi connectivity index (χ1n) is 8.89. The summed E-state index contributed by atoms with van der Waals surface area (Å²) in [4.78, 5) is 19.7. The molecule has 0 radical (unpaired) electrons. The van der Waals surface area contributed by atoms with Crippen LogP contribution in [0.2, 0.25) is 0 Å². The second-order valence-corrected chi connectivity index (χ2v) is 6.72. The van der Waals surface area contributed by atoms with Crippen LogP contribution in [0.15, 0.2) is 28.8 Å². The van der Waals surface area contributed by atoms with E-state index in [1.165, 1.54) is 0 Å². The molecule has 2 heterocycles. The number of ether oxygens (including phenoxy) is 1. The second-order valence-electron chi connectivity index (χ2n) is 6.72. The van der Waals surface area contributed by atoms with Crippen molar-refractivity contribution >= 4 is 6.03 Å². The Balaban J connectivity index is 1.71. The molecule has 1 aliphatic heterocycles. The first-order valence-corrected chi connectivity index (χ1v) is 8.89. The Bertz CT molecular complexity index is 799. The highest BCUT2D eigenvalue weighted by molar-refractivity contribution is 5.75. The van der Waals surface area contributed by atoms with Crippen LogP contribution >= 0.6 is 0 Å². The molecule has 7 nitrogen and oxygen atoms in total. The summed E-state index contributed by atoms with van der Waals surface area (Å²) in [6.45, 7) is 6.41. The molecule has 0 unspecified atom stereocenters. The Morgan fingerprint density at radius 2 is 1.86 bits per heavy atom. The molecule has 1 aliphatic rings. The van der Waals surface area contributed by atoms with Crippen molar-refractivity contribution in [2.45, 2.75) is 32.6 Å². The molecule has 152 valence electrons. The summed E-state index contributed by atoms with van der Waals surface area (Å²) in [7, 11) is 0. The fraction of sp³-hybridized carbons (Fsp3) is 0.500. The number of hydrogen-bond donors (Lipinski definition) is 0. The van der Waals surface area contributed by atoms with E-state index in [0.717, 1.165) is 5.56 Å². The van der Waals surface area contributed by atoms with Gasteiger partial charge in [0.1, 0.15) is 0 Å². The van der Waals surface area contributed by atoms with Gasteiger partial charge in [0.05, 0.1) is 13.2 Å². The fourth-order valence-electron chi connectivity index (χ4n) is 2.82. The molecule has 1 saturated heterocycles. The van der Waals surface area contributed by atoms with Crippen molar-refractivity contribution in [3.8, 4) is 11.4 Å². The van der Waals surface area contributed by atoms with Crippen molar-refractivity contribution in [2.75, 3.05) is 26.3 Å². The lowest BCUT2D eigenvalue weighted by Crippen LogP contribution is -2.50. The van der Waals surface area contributed by atoms with Crippen molar-refractivity contribution in [3.05, 3.63) is 35.7 Å². The van der Waals surface area contributed by atoms with Crippen LogP contribution in [0.5, 0.6) is 0 Å².